The quantitative estimate of drug-likeness (QED) is 0.769. The molecule has 2 N–H and O–H groups in total. The van der Waals surface area contributed by atoms with Crippen molar-refractivity contribution in [2.45, 2.75) is 6.92 Å². The number of hydrogen-bond donors (Lipinski definition) is 1. The Morgan fingerprint density at radius 2 is 2.13 bits per heavy atom. The summed E-state index contributed by atoms with van der Waals surface area (Å²) in [6, 6.07) is 4.87. The smallest absolute Gasteiger partial charge is 0.218 e. The van der Waals surface area contributed by atoms with Crippen LogP contribution in [0.5, 0.6) is 0 Å². The molecule has 0 unspecified atom stereocenters. The first-order valence-electron chi connectivity index (χ1n) is 4.51. The Morgan fingerprint density at radius 3 is 2.67 bits per heavy atom. The van der Waals surface area contributed by atoms with Gasteiger partial charge in [0, 0.05) is 12.6 Å². The largest absolute Gasteiger partial charge is 0.368 e. The molecular weight excluding hydrogens is 195 g/mol. The molecule has 0 bridgehead atoms. The van der Waals surface area contributed by atoms with Gasteiger partial charge in [0.1, 0.15) is 5.82 Å². The number of rotatable bonds is 1. The van der Waals surface area contributed by atoms with E-state index in [9.17, 15) is 4.39 Å². The van der Waals surface area contributed by atoms with E-state index in [2.05, 4.69) is 10.1 Å². The maximum atomic E-state index is 13.3. The summed E-state index contributed by atoms with van der Waals surface area (Å²) >= 11 is 0. The van der Waals surface area contributed by atoms with E-state index in [-0.39, 0.29) is 5.82 Å². The molecule has 5 heteroatoms. The molecule has 78 valence electrons. The van der Waals surface area contributed by atoms with Gasteiger partial charge in [-0.25, -0.2) is 9.07 Å². The van der Waals surface area contributed by atoms with Crippen molar-refractivity contribution in [3.05, 3.63) is 29.6 Å². The van der Waals surface area contributed by atoms with Crippen LogP contribution in [0.3, 0.4) is 0 Å². The molecule has 2 aromatic rings. The van der Waals surface area contributed by atoms with E-state index in [1.807, 2.05) is 0 Å². The molecule has 1 aromatic heterocycles. The monoisotopic (exact) mass is 206 g/mol. The number of anilines is 1. The van der Waals surface area contributed by atoms with Crippen LogP contribution in [0.2, 0.25) is 0 Å². The first-order valence-corrected chi connectivity index (χ1v) is 4.51. The third-order valence-corrected chi connectivity index (χ3v) is 2.23. The molecule has 15 heavy (non-hydrogen) atoms. The summed E-state index contributed by atoms with van der Waals surface area (Å²) in [6.45, 7) is 1.71. The Hall–Kier alpha value is -1.91. The molecular formula is C10H11FN4. The SMILES string of the molecule is Cc1ccc(-c2nc(N)n(C)n2)cc1F. The predicted octanol–water partition coefficient (Wildman–Crippen LogP) is 1.51. The maximum Gasteiger partial charge on any atom is 0.218 e. The average molecular weight is 206 g/mol. The molecule has 2 rings (SSSR count). The maximum absolute atomic E-state index is 13.3. The Balaban J connectivity index is 2.49. The highest BCUT2D eigenvalue weighted by atomic mass is 19.1. The van der Waals surface area contributed by atoms with Crippen molar-refractivity contribution in [2.75, 3.05) is 5.73 Å². The van der Waals surface area contributed by atoms with Crippen molar-refractivity contribution in [3.8, 4) is 11.4 Å². The lowest BCUT2D eigenvalue weighted by Gasteiger charge is -1.98. The third-order valence-electron chi connectivity index (χ3n) is 2.23. The molecule has 0 saturated heterocycles. The van der Waals surface area contributed by atoms with E-state index >= 15 is 0 Å². The molecule has 0 fully saturated rings. The predicted molar refractivity (Wildman–Crippen MR) is 55.5 cm³/mol. The first kappa shape index (κ1) is 9.64. The van der Waals surface area contributed by atoms with Crippen molar-refractivity contribution >= 4 is 5.95 Å². The van der Waals surface area contributed by atoms with Gasteiger partial charge in [0.05, 0.1) is 0 Å². The van der Waals surface area contributed by atoms with Crippen LogP contribution in [0.15, 0.2) is 18.2 Å². The van der Waals surface area contributed by atoms with E-state index in [4.69, 9.17) is 5.73 Å². The number of aryl methyl sites for hydroxylation is 2. The van der Waals surface area contributed by atoms with Crippen molar-refractivity contribution in [1.82, 2.24) is 14.8 Å². The minimum absolute atomic E-state index is 0.265. The lowest BCUT2D eigenvalue weighted by Crippen LogP contribution is -1.97. The second kappa shape index (κ2) is 3.34. The van der Waals surface area contributed by atoms with Crippen molar-refractivity contribution in [2.24, 2.45) is 7.05 Å². The fourth-order valence-electron chi connectivity index (χ4n) is 1.25. The van der Waals surface area contributed by atoms with Crippen LogP contribution in [0.1, 0.15) is 5.56 Å². The van der Waals surface area contributed by atoms with Crippen molar-refractivity contribution < 1.29 is 4.39 Å². The number of nitrogens with two attached hydrogens (primary N) is 1. The van der Waals surface area contributed by atoms with Gasteiger partial charge in [-0.05, 0) is 18.6 Å². The number of nitrogen functional groups attached to an aromatic ring is 1. The van der Waals surface area contributed by atoms with E-state index < -0.39 is 0 Å². The Morgan fingerprint density at radius 1 is 1.40 bits per heavy atom. The summed E-state index contributed by atoms with van der Waals surface area (Å²) < 4.78 is 14.7. The normalized spacial score (nSPS) is 10.6. The van der Waals surface area contributed by atoms with Gasteiger partial charge in [0.15, 0.2) is 5.82 Å². The highest BCUT2D eigenvalue weighted by Crippen LogP contribution is 2.19. The number of hydrogen-bond acceptors (Lipinski definition) is 3. The summed E-state index contributed by atoms with van der Waals surface area (Å²) in [6.07, 6.45) is 0. The van der Waals surface area contributed by atoms with Gasteiger partial charge >= 0.3 is 0 Å². The lowest BCUT2D eigenvalue weighted by atomic mass is 10.1. The summed E-state index contributed by atoms with van der Waals surface area (Å²) in [7, 11) is 1.69. The summed E-state index contributed by atoms with van der Waals surface area (Å²) in [5.41, 5.74) is 6.77. The van der Waals surface area contributed by atoms with Gasteiger partial charge in [-0.15, -0.1) is 5.10 Å². The Bertz CT molecular complexity index is 485. The molecule has 1 aromatic carbocycles. The first-order chi connectivity index (χ1) is 7.08. The van der Waals surface area contributed by atoms with Gasteiger partial charge in [0.25, 0.3) is 0 Å². The average Bonchev–Trinajstić information content (AvgIpc) is 2.52. The van der Waals surface area contributed by atoms with Crippen LogP contribution in [0.25, 0.3) is 11.4 Å². The number of benzene rings is 1. The van der Waals surface area contributed by atoms with Crippen LogP contribution in [-0.4, -0.2) is 14.8 Å². The minimum Gasteiger partial charge on any atom is -0.368 e. The van der Waals surface area contributed by atoms with Gasteiger partial charge in [-0.3, -0.25) is 0 Å². The standard InChI is InChI=1S/C10H11FN4/c1-6-3-4-7(5-8(6)11)9-13-10(12)15(2)14-9/h3-5H,1-2H3,(H2,12,13,14). The second-order valence-corrected chi connectivity index (χ2v) is 3.38. The summed E-state index contributed by atoms with van der Waals surface area (Å²) in [5.74, 6) is 0.485. The highest BCUT2D eigenvalue weighted by molar-refractivity contribution is 5.56. The van der Waals surface area contributed by atoms with E-state index in [0.717, 1.165) is 0 Å². The van der Waals surface area contributed by atoms with E-state index in [1.165, 1.54) is 10.7 Å². The third kappa shape index (κ3) is 1.68. The zero-order valence-corrected chi connectivity index (χ0v) is 8.53. The minimum atomic E-state index is -0.265. The van der Waals surface area contributed by atoms with Crippen molar-refractivity contribution in [1.29, 1.82) is 0 Å². The van der Waals surface area contributed by atoms with Gasteiger partial charge in [0.2, 0.25) is 5.95 Å². The molecule has 0 saturated carbocycles. The summed E-state index contributed by atoms with van der Waals surface area (Å²) in [4.78, 5) is 4.01. The fraction of sp³-hybridized carbons (Fsp3) is 0.200. The topological polar surface area (TPSA) is 56.7 Å². The van der Waals surface area contributed by atoms with E-state index in [1.54, 1.807) is 26.1 Å². The molecule has 0 atom stereocenters. The molecule has 0 aliphatic heterocycles. The van der Waals surface area contributed by atoms with Crippen LogP contribution in [0.4, 0.5) is 10.3 Å². The molecule has 0 aliphatic rings. The number of aromatic nitrogens is 3. The Kier molecular flexibility index (Phi) is 2.15. The van der Waals surface area contributed by atoms with Crippen LogP contribution < -0.4 is 5.73 Å². The molecule has 1 heterocycles. The van der Waals surface area contributed by atoms with Gasteiger partial charge in [-0.1, -0.05) is 12.1 Å². The number of nitrogens with zero attached hydrogens (tertiary/aromatic N) is 3. The molecule has 4 nitrogen and oxygen atoms in total. The van der Waals surface area contributed by atoms with Crippen LogP contribution in [-0.2, 0) is 7.05 Å². The van der Waals surface area contributed by atoms with Crippen LogP contribution >= 0.6 is 0 Å². The summed E-state index contributed by atoms with van der Waals surface area (Å²) in [5, 5.41) is 4.07. The van der Waals surface area contributed by atoms with Gasteiger partial charge in [-0.2, -0.15) is 4.98 Å². The Labute approximate surface area is 86.6 Å². The lowest BCUT2D eigenvalue weighted by molar-refractivity contribution is 0.619. The zero-order chi connectivity index (χ0) is 11.0. The van der Waals surface area contributed by atoms with Crippen LogP contribution in [0, 0.1) is 12.7 Å². The van der Waals surface area contributed by atoms with E-state index in [0.29, 0.717) is 22.9 Å². The molecule has 0 amide bonds. The molecule has 0 aliphatic carbocycles. The molecule has 0 radical (unpaired) electrons. The second-order valence-electron chi connectivity index (χ2n) is 3.38. The van der Waals surface area contributed by atoms with Gasteiger partial charge < -0.3 is 5.73 Å². The highest BCUT2D eigenvalue weighted by Gasteiger charge is 2.08. The fourth-order valence-corrected chi connectivity index (χ4v) is 1.25. The van der Waals surface area contributed by atoms with Crippen molar-refractivity contribution in [3.63, 3.8) is 0 Å². The molecule has 0 spiro atoms. The number of halogens is 1. The zero-order valence-electron chi connectivity index (χ0n) is 8.53.